The maximum absolute atomic E-state index is 10.7. The van der Waals surface area contributed by atoms with Crippen LogP contribution in [0.2, 0.25) is 0 Å². The van der Waals surface area contributed by atoms with Crippen LogP contribution in [0.25, 0.3) is 0 Å². The van der Waals surface area contributed by atoms with E-state index in [1.807, 2.05) is 6.92 Å². The van der Waals surface area contributed by atoms with Gasteiger partial charge in [0.25, 0.3) is 0 Å². The van der Waals surface area contributed by atoms with Crippen LogP contribution in [0.4, 0.5) is 0 Å². The predicted octanol–water partition coefficient (Wildman–Crippen LogP) is -0.509. The quantitative estimate of drug-likeness (QED) is 0.648. The summed E-state index contributed by atoms with van der Waals surface area (Å²) >= 11 is 0. The maximum atomic E-state index is 10.7. The van der Waals surface area contributed by atoms with E-state index in [1.165, 1.54) is 14.0 Å². The Morgan fingerprint density at radius 3 is 2.71 bits per heavy atom. The highest BCUT2D eigenvalue weighted by molar-refractivity contribution is 5.72. The van der Waals surface area contributed by atoms with E-state index in [0.29, 0.717) is 6.54 Å². The average Bonchev–Trinajstić information content (AvgIpc) is 2.41. The average molecular weight is 203 g/mol. The third-order valence-electron chi connectivity index (χ3n) is 2.50. The molecular formula is C9H17NO4. The molecule has 0 aliphatic carbocycles. The minimum atomic E-state index is -0.626. The maximum Gasteiger partial charge on any atom is 0.216 e. The Balaban J connectivity index is 2.44. The number of nitrogens with one attached hydrogen (secondary N) is 1. The molecule has 1 saturated heterocycles. The Morgan fingerprint density at radius 2 is 2.29 bits per heavy atom. The van der Waals surface area contributed by atoms with Gasteiger partial charge in [-0.2, -0.15) is 0 Å². The third kappa shape index (κ3) is 2.43. The van der Waals surface area contributed by atoms with Crippen molar-refractivity contribution in [2.45, 2.75) is 32.3 Å². The Bertz CT molecular complexity index is 209. The van der Waals surface area contributed by atoms with E-state index in [-0.39, 0.29) is 17.9 Å². The fraction of sp³-hybridized carbons (Fsp3) is 0.889. The summed E-state index contributed by atoms with van der Waals surface area (Å²) in [6.07, 6.45) is -1.39. The molecule has 0 saturated carbocycles. The first-order chi connectivity index (χ1) is 6.56. The Kier molecular flexibility index (Phi) is 3.86. The second-order valence-electron chi connectivity index (χ2n) is 3.57. The zero-order valence-corrected chi connectivity index (χ0v) is 8.69. The van der Waals surface area contributed by atoms with Crippen molar-refractivity contribution in [2.75, 3.05) is 13.7 Å². The van der Waals surface area contributed by atoms with Crippen molar-refractivity contribution >= 4 is 5.91 Å². The van der Waals surface area contributed by atoms with E-state index in [1.54, 1.807) is 0 Å². The van der Waals surface area contributed by atoms with Crippen molar-refractivity contribution in [1.82, 2.24) is 5.32 Å². The standard InChI is InChI=1S/C9H17NO4/c1-5-7(4-10-6(2)11)14-9(13-3)8(5)12/h5,7-9,12H,4H2,1-3H3,(H,10,11)/t5-,7-,8-,9-/m1/s1. The molecule has 1 rings (SSSR count). The molecule has 0 aromatic heterocycles. The number of aliphatic hydroxyl groups is 1. The van der Waals surface area contributed by atoms with Gasteiger partial charge in [-0.3, -0.25) is 4.79 Å². The van der Waals surface area contributed by atoms with Gasteiger partial charge in [0.2, 0.25) is 5.91 Å². The van der Waals surface area contributed by atoms with Crippen molar-refractivity contribution < 1.29 is 19.4 Å². The summed E-state index contributed by atoms with van der Waals surface area (Å²) in [6, 6.07) is 0. The van der Waals surface area contributed by atoms with Crippen molar-refractivity contribution in [3.05, 3.63) is 0 Å². The predicted molar refractivity (Wildman–Crippen MR) is 49.5 cm³/mol. The fourth-order valence-corrected chi connectivity index (χ4v) is 1.52. The summed E-state index contributed by atoms with van der Waals surface area (Å²) in [5, 5.41) is 12.3. The van der Waals surface area contributed by atoms with Gasteiger partial charge in [0.15, 0.2) is 6.29 Å². The molecule has 0 aromatic rings. The fourth-order valence-electron chi connectivity index (χ4n) is 1.52. The zero-order chi connectivity index (χ0) is 10.7. The first kappa shape index (κ1) is 11.4. The first-order valence-corrected chi connectivity index (χ1v) is 4.67. The van der Waals surface area contributed by atoms with E-state index < -0.39 is 12.4 Å². The molecule has 82 valence electrons. The second kappa shape index (κ2) is 4.72. The van der Waals surface area contributed by atoms with Crippen molar-refractivity contribution in [3.8, 4) is 0 Å². The lowest BCUT2D eigenvalue weighted by molar-refractivity contribution is -0.148. The molecule has 2 N–H and O–H groups in total. The molecule has 0 radical (unpaired) electrons. The molecule has 0 unspecified atom stereocenters. The number of aliphatic hydroxyl groups excluding tert-OH is 1. The van der Waals surface area contributed by atoms with Crippen LogP contribution >= 0.6 is 0 Å². The minimum Gasteiger partial charge on any atom is -0.387 e. The van der Waals surface area contributed by atoms with Gasteiger partial charge in [0, 0.05) is 26.5 Å². The van der Waals surface area contributed by atoms with E-state index >= 15 is 0 Å². The molecule has 5 nitrogen and oxygen atoms in total. The SMILES string of the molecule is CO[C@@H]1O[C@H](CNC(C)=O)[C@@H](C)[C@H]1O. The van der Waals surface area contributed by atoms with Gasteiger partial charge < -0.3 is 19.9 Å². The number of amides is 1. The Labute approximate surface area is 83.4 Å². The van der Waals surface area contributed by atoms with Crippen LogP contribution in [-0.2, 0) is 14.3 Å². The number of methoxy groups -OCH3 is 1. The van der Waals surface area contributed by atoms with Gasteiger partial charge in [-0.15, -0.1) is 0 Å². The number of carbonyl (C=O) groups excluding carboxylic acids is 1. The van der Waals surface area contributed by atoms with E-state index in [2.05, 4.69) is 5.32 Å². The smallest absolute Gasteiger partial charge is 0.216 e. The molecular weight excluding hydrogens is 186 g/mol. The summed E-state index contributed by atoms with van der Waals surface area (Å²) < 4.78 is 10.3. The topological polar surface area (TPSA) is 67.8 Å². The van der Waals surface area contributed by atoms with Crippen molar-refractivity contribution in [3.63, 3.8) is 0 Å². The summed E-state index contributed by atoms with van der Waals surface area (Å²) in [5.41, 5.74) is 0. The summed E-state index contributed by atoms with van der Waals surface area (Å²) in [6.45, 7) is 3.73. The molecule has 1 fully saturated rings. The van der Waals surface area contributed by atoms with E-state index in [9.17, 15) is 9.90 Å². The van der Waals surface area contributed by atoms with E-state index in [4.69, 9.17) is 9.47 Å². The van der Waals surface area contributed by atoms with Gasteiger partial charge in [-0.05, 0) is 0 Å². The molecule has 1 aliphatic heterocycles. The van der Waals surface area contributed by atoms with Crippen LogP contribution in [0.1, 0.15) is 13.8 Å². The number of carbonyl (C=O) groups is 1. The number of hydrogen-bond acceptors (Lipinski definition) is 4. The van der Waals surface area contributed by atoms with Crippen LogP contribution in [0.3, 0.4) is 0 Å². The molecule has 1 aliphatic rings. The highest BCUT2D eigenvalue weighted by Gasteiger charge is 2.40. The van der Waals surface area contributed by atoms with Gasteiger partial charge in [-0.1, -0.05) is 6.92 Å². The van der Waals surface area contributed by atoms with Gasteiger partial charge in [0.05, 0.1) is 6.10 Å². The Morgan fingerprint density at radius 1 is 1.64 bits per heavy atom. The summed E-state index contributed by atoms with van der Waals surface area (Å²) in [4.78, 5) is 10.7. The molecule has 1 heterocycles. The highest BCUT2D eigenvalue weighted by Crippen LogP contribution is 2.26. The number of ether oxygens (including phenoxy) is 2. The zero-order valence-electron chi connectivity index (χ0n) is 8.69. The van der Waals surface area contributed by atoms with E-state index in [0.717, 1.165) is 0 Å². The largest absolute Gasteiger partial charge is 0.387 e. The molecule has 0 bridgehead atoms. The lowest BCUT2D eigenvalue weighted by atomic mass is 10.0. The number of rotatable bonds is 3. The summed E-state index contributed by atoms with van der Waals surface area (Å²) in [5.74, 6) is -0.136. The van der Waals surface area contributed by atoms with Crippen molar-refractivity contribution in [2.24, 2.45) is 5.92 Å². The first-order valence-electron chi connectivity index (χ1n) is 4.67. The Hall–Kier alpha value is -0.650. The lowest BCUT2D eigenvalue weighted by Gasteiger charge is -2.14. The molecule has 0 spiro atoms. The molecule has 4 atom stereocenters. The summed E-state index contributed by atoms with van der Waals surface area (Å²) in [7, 11) is 1.49. The van der Waals surface area contributed by atoms with Crippen LogP contribution in [0.15, 0.2) is 0 Å². The molecule has 14 heavy (non-hydrogen) atoms. The van der Waals surface area contributed by atoms with Crippen LogP contribution < -0.4 is 5.32 Å². The van der Waals surface area contributed by atoms with Crippen LogP contribution in [0.5, 0.6) is 0 Å². The van der Waals surface area contributed by atoms with Crippen LogP contribution in [-0.4, -0.2) is 43.2 Å². The normalized spacial score (nSPS) is 37.1. The highest BCUT2D eigenvalue weighted by atomic mass is 16.7. The number of hydrogen-bond donors (Lipinski definition) is 2. The van der Waals surface area contributed by atoms with Crippen molar-refractivity contribution in [1.29, 1.82) is 0 Å². The third-order valence-corrected chi connectivity index (χ3v) is 2.50. The van der Waals surface area contributed by atoms with Crippen LogP contribution in [0, 0.1) is 5.92 Å². The lowest BCUT2D eigenvalue weighted by Crippen LogP contribution is -2.34. The molecule has 5 heteroatoms. The monoisotopic (exact) mass is 203 g/mol. The second-order valence-corrected chi connectivity index (χ2v) is 3.57. The molecule has 1 amide bonds. The van der Waals surface area contributed by atoms with Gasteiger partial charge in [-0.25, -0.2) is 0 Å². The van der Waals surface area contributed by atoms with Gasteiger partial charge >= 0.3 is 0 Å². The van der Waals surface area contributed by atoms with Gasteiger partial charge in [0.1, 0.15) is 6.10 Å². The minimum absolute atomic E-state index is 0.0354. The molecule has 0 aromatic carbocycles.